The van der Waals surface area contributed by atoms with Gasteiger partial charge in [0.15, 0.2) is 5.01 Å². The molecule has 4 fully saturated rings. The van der Waals surface area contributed by atoms with E-state index in [9.17, 15) is 0 Å². The number of nitrogens with one attached hydrogen (secondary N) is 1. The van der Waals surface area contributed by atoms with Crippen LogP contribution in [0.4, 0.5) is 11.5 Å². The molecular weight excluding hydrogens is 496 g/mol. The number of hydrogen-bond donors (Lipinski definition) is 1. The lowest BCUT2D eigenvalue weighted by Crippen LogP contribution is -2.48. The van der Waals surface area contributed by atoms with Gasteiger partial charge in [0.1, 0.15) is 21.9 Å². The minimum absolute atomic E-state index is 0.347. The van der Waals surface area contributed by atoms with Gasteiger partial charge in [0.25, 0.3) is 0 Å². The predicted octanol–water partition coefficient (Wildman–Crippen LogP) is 3.67. The van der Waals surface area contributed by atoms with Gasteiger partial charge in [-0.25, -0.2) is 4.98 Å². The van der Waals surface area contributed by atoms with Gasteiger partial charge in [0.2, 0.25) is 0 Å². The molecule has 0 bridgehead atoms. The molecule has 9 nitrogen and oxygen atoms in total. The molecule has 6 heterocycles. The Balaban J connectivity index is 1.07. The average Bonchev–Trinajstić information content (AvgIpc) is 3.31. The van der Waals surface area contributed by atoms with Crippen LogP contribution in [0, 0.1) is 5.41 Å². The van der Waals surface area contributed by atoms with Gasteiger partial charge in [-0.2, -0.15) is 0 Å². The van der Waals surface area contributed by atoms with Crippen LogP contribution in [0.15, 0.2) is 30.7 Å². The Morgan fingerprint density at radius 3 is 2.61 bits per heavy atom. The van der Waals surface area contributed by atoms with Crippen LogP contribution in [0.25, 0.3) is 10.7 Å². The fraction of sp³-hybridized carbons (Fsp3) is 0.607. The number of anilines is 2. The van der Waals surface area contributed by atoms with Crippen molar-refractivity contribution in [3.8, 4) is 10.7 Å². The molecule has 3 aromatic heterocycles. The van der Waals surface area contributed by atoms with Gasteiger partial charge in [0, 0.05) is 38.8 Å². The first-order valence-corrected chi connectivity index (χ1v) is 14.9. The molecule has 1 unspecified atom stereocenters. The Hall–Kier alpha value is -2.69. The lowest BCUT2D eigenvalue weighted by atomic mass is 9.82. The van der Waals surface area contributed by atoms with Crippen LogP contribution in [0.2, 0.25) is 0 Å². The summed E-state index contributed by atoms with van der Waals surface area (Å²) in [6.45, 7) is 8.88. The molecule has 0 spiro atoms. The lowest BCUT2D eigenvalue weighted by Gasteiger charge is -2.39. The van der Waals surface area contributed by atoms with Gasteiger partial charge < -0.3 is 19.9 Å². The lowest BCUT2D eigenvalue weighted by molar-refractivity contribution is -0.0403. The van der Waals surface area contributed by atoms with E-state index in [4.69, 9.17) is 14.7 Å². The van der Waals surface area contributed by atoms with E-state index in [1.807, 2.05) is 12.4 Å². The van der Waals surface area contributed by atoms with E-state index in [-0.39, 0.29) is 5.41 Å². The second-order valence-electron chi connectivity index (χ2n) is 11.8. The van der Waals surface area contributed by atoms with Crippen LogP contribution >= 0.6 is 11.3 Å². The summed E-state index contributed by atoms with van der Waals surface area (Å²) in [5.41, 5.74) is 3.17. The Labute approximate surface area is 228 Å². The number of ether oxygens (including phenoxy) is 1. The highest BCUT2D eigenvalue weighted by Crippen LogP contribution is 2.44. The standard InChI is InChI=1S/C28H36N8OS/c1-27(8-9-27)17-31-20-5-4-12-36(16-20)21-6-7-23(30-13-21)28(18-37-19-28)26-34-33-25(38-26)22-14-29-15-24(32-22)35-10-2-3-11-35/h6-7,13-15,20,31H,2-5,8-12,16-19H2,1H3. The van der Waals surface area contributed by atoms with E-state index < -0.39 is 0 Å². The summed E-state index contributed by atoms with van der Waals surface area (Å²) in [4.78, 5) is 19.0. The van der Waals surface area contributed by atoms with Crippen molar-refractivity contribution in [2.24, 2.45) is 5.41 Å². The molecule has 10 heteroatoms. The second-order valence-corrected chi connectivity index (χ2v) is 12.8. The Kier molecular flexibility index (Phi) is 6.28. The molecule has 1 aliphatic carbocycles. The number of aromatic nitrogens is 5. The van der Waals surface area contributed by atoms with Crippen LogP contribution in [-0.2, 0) is 10.2 Å². The normalized spacial score (nSPS) is 23.9. The first kappa shape index (κ1) is 24.4. The highest BCUT2D eigenvalue weighted by atomic mass is 32.1. The number of pyridine rings is 1. The monoisotopic (exact) mass is 532 g/mol. The molecule has 3 aliphatic heterocycles. The molecule has 4 aliphatic rings. The fourth-order valence-corrected chi connectivity index (χ4v) is 6.75. The molecule has 200 valence electrons. The molecule has 1 saturated carbocycles. The molecular formula is C28H36N8OS. The molecule has 3 saturated heterocycles. The largest absolute Gasteiger partial charge is 0.378 e. The second kappa shape index (κ2) is 9.81. The van der Waals surface area contributed by atoms with Crippen molar-refractivity contribution in [3.05, 3.63) is 41.4 Å². The zero-order valence-corrected chi connectivity index (χ0v) is 22.9. The molecule has 1 N–H and O–H groups in total. The first-order chi connectivity index (χ1) is 18.6. The molecule has 0 amide bonds. The van der Waals surface area contributed by atoms with E-state index >= 15 is 0 Å². The summed E-state index contributed by atoms with van der Waals surface area (Å²) in [5, 5.41) is 14.7. The van der Waals surface area contributed by atoms with Crippen molar-refractivity contribution in [1.29, 1.82) is 0 Å². The van der Waals surface area contributed by atoms with E-state index in [0.29, 0.717) is 24.7 Å². The maximum atomic E-state index is 5.71. The highest BCUT2D eigenvalue weighted by Gasteiger charge is 2.47. The summed E-state index contributed by atoms with van der Waals surface area (Å²) in [7, 11) is 0. The quantitative estimate of drug-likeness (QED) is 0.467. The number of rotatable bonds is 8. The van der Waals surface area contributed by atoms with E-state index in [1.54, 1.807) is 17.5 Å². The summed E-state index contributed by atoms with van der Waals surface area (Å²) < 4.78 is 5.71. The van der Waals surface area contributed by atoms with Gasteiger partial charge in [0.05, 0.1) is 43.2 Å². The smallest absolute Gasteiger partial charge is 0.168 e. The van der Waals surface area contributed by atoms with Crippen molar-refractivity contribution in [1.82, 2.24) is 30.5 Å². The summed E-state index contributed by atoms with van der Waals surface area (Å²) in [5.74, 6) is 0.924. The SMILES string of the molecule is CC1(CNC2CCCN(c3ccc(C4(c5nnc(-c6cncc(N7CCCC7)n6)s5)COC4)nc3)C2)CC1. The number of hydrogen-bond acceptors (Lipinski definition) is 10. The topological polar surface area (TPSA) is 92.2 Å². The third-order valence-corrected chi connectivity index (χ3v) is 9.90. The maximum Gasteiger partial charge on any atom is 0.168 e. The Bertz CT molecular complexity index is 1270. The van der Waals surface area contributed by atoms with Crippen LogP contribution < -0.4 is 15.1 Å². The highest BCUT2D eigenvalue weighted by molar-refractivity contribution is 7.14. The van der Waals surface area contributed by atoms with Crippen LogP contribution in [-0.4, -0.2) is 77.1 Å². The number of nitrogens with zero attached hydrogens (tertiary/aromatic N) is 7. The van der Waals surface area contributed by atoms with Crippen molar-refractivity contribution >= 4 is 22.8 Å². The van der Waals surface area contributed by atoms with Crippen molar-refractivity contribution in [2.45, 2.75) is 56.9 Å². The number of piperidine rings is 1. The minimum Gasteiger partial charge on any atom is -0.378 e. The first-order valence-electron chi connectivity index (χ1n) is 14.0. The van der Waals surface area contributed by atoms with Crippen LogP contribution in [0.5, 0.6) is 0 Å². The molecule has 0 radical (unpaired) electrons. The maximum absolute atomic E-state index is 5.71. The zero-order valence-electron chi connectivity index (χ0n) is 22.1. The summed E-state index contributed by atoms with van der Waals surface area (Å²) in [6, 6.07) is 4.94. The fourth-order valence-electron chi connectivity index (χ4n) is 5.78. The average molecular weight is 533 g/mol. The molecule has 3 aromatic rings. The Morgan fingerprint density at radius 1 is 1.03 bits per heavy atom. The van der Waals surface area contributed by atoms with Gasteiger partial charge in [-0.15, -0.1) is 10.2 Å². The van der Waals surface area contributed by atoms with Gasteiger partial charge in [-0.05, 0) is 56.1 Å². The van der Waals surface area contributed by atoms with Gasteiger partial charge in [-0.3, -0.25) is 9.97 Å². The van der Waals surface area contributed by atoms with Crippen molar-refractivity contribution in [2.75, 3.05) is 55.7 Å². The molecule has 38 heavy (non-hydrogen) atoms. The summed E-state index contributed by atoms with van der Waals surface area (Å²) in [6.07, 6.45) is 13.3. The van der Waals surface area contributed by atoms with Crippen molar-refractivity contribution < 1.29 is 4.74 Å². The Morgan fingerprint density at radius 2 is 1.87 bits per heavy atom. The third-order valence-electron chi connectivity index (χ3n) is 8.75. The predicted molar refractivity (Wildman–Crippen MR) is 149 cm³/mol. The molecule has 1 atom stereocenters. The van der Waals surface area contributed by atoms with Gasteiger partial charge in [-0.1, -0.05) is 18.3 Å². The van der Waals surface area contributed by atoms with Gasteiger partial charge >= 0.3 is 0 Å². The van der Waals surface area contributed by atoms with E-state index in [0.717, 1.165) is 59.9 Å². The van der Waals surface area contributed by atoms with Crippen LogP contribution in [0.3, 0.4) is 0 Å². The van der Waals surface area contributed by atoms with Crippen molar-refractivity contribution in [3.63, 3.8) is 0 Å². The van der Waals surface area contributed by atoms with Crippen LogP contribution in [0.1, 0.15) is 56.2 Å². The molecule has 0 aromatic carbocycles. The zero-order chi connectivity index (χ0) is 25.6. The van der Waals surface area contributed by atoms with E-state index in [1.165, 1.54) is 44.2 Å². The van der Waals surface area contributed by atoms with E-state index in [2.05, 4.69) is 49.4 Å². The third kappa shape index (κ3) is 4.67. The summed E-state index contributed by atoms with van der Waals surface area (Å²) >= 11 is 1.58. The minimum atomic E-state index is -0.347. The molecule has 7 rings (SSSR count).